The van der Waals surface area contributed by atoms with E-state index in [9.17, 15) is 15.0 Å². The molecule has 7 nitrogen and oxygen atoms in total. The summed E-state index contributed by atoms with van der Waals surface area (Å²) >= 11 is 0. The van der Waals surface area contributed by atoms with Crippen LogP contribution in [-0.4, -0.2) is 36.2 Å². The minimum Gasteiger partial charge on any atom is -0.507 e. The summed E-state index contributed by atoms with van der Waals surface area (Å²) in [5.74, 6) is -0.742. The fourth-order valence-corrected chi connectivity index (χ4v) is 2.78. The van der Waals surface area contributed by atoms with Crippen molar-refractivity contribution in [2.24, 2.45) is 0 Å². The molecule has 7 heteroatoms. The number of hydrogen-bond acceptors (Lipinski definition) is 5. The van der Waals surface area contributed by atoms with Crippen LogP contribution < -0.4 is 0 Å². The van der Waals surface area contributed by atoms with Crippen LogP contribution in [-0.2, 0) is 0 Å². The van der Waals surface area contributed by atoms with Crippen LogP contribution in [0, 0.1) is 0 Å². The molecule has 0 atom stereocenters. The summed E-state index contributed by atoms with van der Waals surface area (Å²) in [7, 11) is 0. The molecule has 0 aliphatic heterocycles. The Morgan fingerprint density at radius 2 is 1.85 bits per heavy atom. The molecule has 0 amide bonds. The number of pyridine rings is 1. The van der Waals surface area contributed by atoms with Crippen LogP contribution >= 0.6 is 0 Å². The van der Waals surface area contributed by atoms with E-state index in [1.54, 1.807) is 30.3 Å². The molecule has 128 valence electrons. The van der Waals surface area contributed by atoms with Crippen LogP contribution in [0.4, 0.5) is 0 Å². The predicted octanol–water partition coefficient (Wildman–Crippen LogP) is 3.40. The van der Waals surface area contributed by atoms with Gasteiger partial charge in [-0.2, -0.15) is 0 Å². The first kappa shape index (κ1) is 15.6. The zero-order valence-corrected chi connectivity index (χ0v) is 13.3. The average molecular weight is 347 g/mol. The minimum atomic E-state index is -1.03. The first-order valence-corrected chi connectivity index (χ1v) is 7.74. The summed E-state index contributed by atoms with van der Waals surface area (Å²) in [6.45, 7) is 0. The van der Waals surface area contributed by atoms with E-state index in [4.69, 9.17) is 5.11 Å². The maximum Gasteiger partial charge on any atom is 0.335 e. The average Bonchev–Trinajstić information content (AvgIpc) is 3.05. The molecule has 4 N–H and O–H groups in total. The molecular formula is C19H13N3O4. The predicted molar refractivity (Wildman–Crippen MR) is 95.0 cm³/mol. The number of phenolic OH excluding ortho intramolecular Hbond substituents is 1. The molecule has 2 heterocycles. The molecule has 0 fully saturated rings. The van der Waals surface area contributed by atoms with Crippen molar-refractivity contribution in [1.29, 1.82) is 0 Å². The number of aromatic nitrogens is 3. The van der Waals surface area contributed by atoms with Gasteiger partial charge in [0.1, 0.15) is 11.6 Å². The van der Waals surface area contributed by atoms with Gasteiger partial charge in [-0.25, -0.2) is 14.8 Å². The lowest BCUT2D eigenvalue weighted by Crippen LogP contribution is -1.94. The van der Waals surface area contributed by atoms with Gasteiger partial charge in [0.25, 0.3) is 0 Å². The van der Waals surface area contributed by atoms with E-state index in [1.165, 1.54) is 24.4 Å². The van der Waals surface area contributed by atoms with Crippen molar-refractivity contribution in [3.05, 3.63) is 60.3 Å². The Hall–Kier alpha value is -3.87. The number of aromatic carboxylic acids is 1. The third-order valence-corrected chi connectivity index (χ3v) is 4.08. The number of imidazole rings is 1. The van der Waals surface area contributed by atoms with Gasteiger partial charge in [0.2, 0.25) is 5.88 Å². The van der Waals surface area contributed by atoms with E-state index in [-0.39, 0.29) is 17.2 Å². The molecule has 0 saturated carbocycles. The number of aromatic hydroxyl groups is 2. The fourth-order valence-electron chi connectivity index (χ4n) is 2.78. The van der Waals surface area contributed by atoms with Crippen molar-refractivity contribution in [3.63, 3.8) is 0 Å². The topological polar surface area (TPSA) is 119 Å². The number of carboxylic acids is 1. The molecule has 0 bridgehead atoms. The number of rotatable bonds is 3. The maximum absolute atomic E-state index is 11.1. The molecule has 0 aliphatic carbocycles. The second kappa shape index (κ2) is 5.89. The van der Waals surface area contributed by atoms with Gasteiger partial charge in [0.15, 0.2) is 0 Å². The van der Waals surface area contributed by atoms with E-state index in [0.29, 0.717) is 33.5 Å². The Morgan fingerprint density at radius 3 is 2.62 bits per heavy atom. The highest BCUT2D eigenvalue weighted by Gasteiger charge is 2.14. The van der Waals surface area contributed by atoms with Gasteiger partial charge in [0.05, 0.1) is 22.2 Å². The SMILES string of the molecule is O=C(O)c1ccc2[nH]c(-c3cc(-c4cccnc4O)ccc3O)nc2c1. The molecule has 0 unspecified atom stereocenters. The Morgan fingerprint density at radius 1 is 1.00 bits per heavy atom. The lowest BCUT2D eigenvalue weighted by molar-refractivity contribution is 0.0697. The lowest BCUT2D eigenvalue weighted by Gasteiger charge is -2.07. The van der Waals surface area contributed by atoms with Crippen molar-refractivity contribution >= 4 is 17.0 Å². The van der Waals surface area contributed by atoms with Crippen molar-refractivity contribution in [3.8, 4) is 34.1 Å². The monoisotopic (exact) mass is 347 g/mol. The minimum absolute atomic E-state index is 0.00893. The Kier molecular flexibility index (Phi) is 3.54. The number of H-pyrrole nitrogens is 1. The van der Waals surface area contributed by atoms with E-state index < -0.39 is 5.97 Å². The van der Waals surface area contributed by atoms with Gasteiger partial charge in [-0.15, -0.1) is 0 Å². The number of hydrogen-bond donors (Lipinski definition) is 4. The van der Waals surface area contributed by atoms with Gasteiger partial charge in [0, 0.05) is 11.8 Å². The van der Waals surface area contributed by atoms with Crippen LogP contribution in [0.15, 0.2) is 54.7 Å². The standard InChI is InChI=1S/C19H13N3O4/c23-16-6-4-10(12-2-1-7-20-18(12)24)8-13(16)17-21-14-5-3-11(19(25)26)9-15(14)22-17/h1-9,23H,(H,20,24)(H,21,22)(H,25,26). The zero-order chi connectivity index (χ0) is 18.3. The van der Waals surface area contributed by atoms with E-state index >= 15 is 0 Å². The zero-order valence-electron chi connectivity index (χ0n) is 13.3. The number of carbonyl (C=O) groups is 1. The summed E-state index contributed by atoms with van der Waals surface area (Å²) in [6, 6.07) is 12.9. The summed E-state index contributed by atoms with van der Waals surface area (Å²) < 4.78 is 0. The van der Waals surface area contributed by atoms with Gasteiger partial charge in [-0.3, -0.25) is 0 Å². The number of carboxylic acid groups (broad SMARTS) is 1. The van der Waals surface area contributed by atoms with Crippen molar-refractivity contribution in [1.82, 2.24) is 15.0 Å². The highest BCUT2D eigenvalue weighted by atomic mass is 16.4. The van der Waals surface area contributed by atoms with Crippen LogP contribution in [0.1, 0.15) is 10.4 Å². The number of benzene rings is 2. The van der Waals surface area contributed by atoms with Gasteiger partial charge >= 0.3 is 5.97 Å². The molecule has 4 rings (SSSR count). The summed E-state index contributed by atoms with van der Waals surface area (Å²) in [5, 5.41) is 29.3. The highest BCUT2D eigenvalue weighted by Crippen LogP contribution is 2.35. The number of nitrogens with zero attached hydrogens (tertiary/aromatic N) is 2. The highest BCUT2D eigenvalue weighted by molar-refractivity contribution is 5.93. The number of aromatic amines is 1. The van der Waals surface area contributed by atoms with Gasteiger partial charge in [-0.05, 0) is 48.0 Å². The van der Waals surface area contributed by atoms with Crippen LogP contribution in [0.3, 0.4) is 0 Å². The molecule has 0 radical (unpaired) electrons. The number of phenols is 1. The molecular weight excluding hydrogens is 334 g/mol. The van der Waals surface area contributed by atoms with E-state index in [0.717, 1.165) is 0 Å². The van der Waals surface area contributed by atoms with Crippen LogP contribution in [0.2, 0.25) is 0 Å². The third-order valence-electron chi connectivity index (χ3n) is 4.08. The molecule has 0 aliphatic rings. The Bertz CT molecular complexity index is 1150. The van der Waals surface area contributed by atoms with Gasteiger partial charge < -0.3 is 20.3 Å². The van der Waals surface area contributed by atoms with Crippen LogP contribution in [0.5, 0.6) is 11.6 Å². The largest absolute Gasteiger partial charge is 0.507 e. The first-order valence-electron chi connectivity index (χ1n) is 7.74. The smallest absolute Gasteiger partial charge is 0.335 e. The fraction of sp³-hybridized carbons (Fsp3) is 0. The second-order valence-corrected chi connectivity index (χ2v) is 5.73. The molecule has 2 aromatic carbocycles. The second-order valence-electron chi connectivity index (χ2n) is 5.73. The quantitative estimate of drug-likeness (QED) is 0.451. The van der Waals surface area contributed by atoms with Crippen molar-refractivity contribution in [2.45, 2.75) is 0 Å². The van der Waals surface area contributed by atoms with E-state index in [1.807, 2.05) is 0 Å². The van der Waals surface area contributed by atoms with Crippen molar-refractivity contribution < 1.29 is 20.1 Å². The maximum atomic E-state index is 11.1. The normalized spacial score (nSPS) is 10.9. The van der Waals surface area contributed by atoms with Crippen LogP contribution in [0.25, 0.3) is 33.5 Å². The summed E-state index contributed by atoms with van der Waals surface area (Å²) in [6.07, 6.45) is 1.49. The van der Waals surface area contributed by atoms with E-state index in [2.05, 4.69) is 15.0 Å². The molecule has 0 saturated heterocycles. The lowest BCUT2D eigenvalue weighted by atomic mass is 10.0. The molecule has 4 aromatic rings. The summed E-state index contributed by atoms with van der Waals surface area (Å²) in [4.78, 5) is 22.4. The van der Waals surface area contributed by atoms with Gasteiger partial charge in [-0.1, -0.05) is 6.07 Å². The molecule has 26 heavy (non-hydrogen) atoms. The first-order chi connectivity index (χ1) is 12.5. The Balaban J connectivity index is 1.85. The number of nitrogens with one attached hydrogen (secondary N) is 1. The third kappa shape index (κ3) is 2.61. The molecule has 2 aromatic heterocycles. The summed E-state index contributed by atoms with van der Waals surface area (Å²) in [5.41, 5.74) is 2.88. The number of fused-ring (bicyclic) bond motifs is 1. The van der Waals surface area contributed by atoms with Crippen molar-refractivity contribution in [2.75, 3.05) is 0 Å². The Labute approximate surface area is 147 Å². The molecule has 0 spiro atoms.